The molecule has 1 aromatic heterocycles. The van der Waals surface area contributed by atoms with Crippen molar-refractivity contribution in [1.82, 2.24) is 20.8 Å². The lowest BCUT2D eigenvalue weighted by atomic mass is 10.2. The van der Waals surface area contributed by atoms with Gasteiger partial charge in [0.05, 0.1) is 33.0 Å². The molecular weight excluding hydrogens is 421 g/mol. The van der Waals surface area contributed by atoms with E-state index in [2.05, 4.69) is 25.8 Å². The molecule has 0 fully saturated rings. The molecule has 0 unspecified atom stereocenters. The highest BCUT2D eigenvalue weighted by Crippen LogP contribution is 2.25. The number of aromatic amines is 1. The number of guanidine groups is 1. The van der Waals surface area contributed by atoms with Crippen LogP contribution in [-0.2, 0) is 13.1 Å². The fourth-order valence-corrected chi connectivity index (χ4v) is 2.05. The lowest BCUT2D eigenvalue weighted by molar-refractivity contribution is 0.391. The number of aromatic nitrogens is 2. The third kappa shape index (κ3) is 5.91. The van der Waals surface area contributed by atoms with Gasteiger partial charge in [0.25, 0.3) is 0 Å². The van der Waals surface area contributed by atoms with Crippen LogP contribution >= 0.6 is 24.0 Å². The average Bonchev–Trinajstić information content (AvgIpc) is 3.10. The number of hydrogen-bond donors (Lipinski definition) is 3. The first-order chi connectivity index (χ1) is 11.3. The zero-order chi connectivity index (χ0) is 16.5. The first kappa shape index (κ1) is 20.1. The van der Waals surface area contributed by atoms with Crippen LogP contribution in [-0.4, -0.2) is 36.9 Å². The van der Waals surface area contributed by atoms with Gasteiger partial charge in [-0.05, 0) is 25.1 Å². The summed E-state index contributed by atoms with van der Waals surface area (Å²) in [7, 11) is 3.28. The molecule has 1 aromatic carbocycles. The van der Waals surface area contributed by atoms with Gasteiger partial charge in [-0.2, -0.15) is 5.10 Å². The second kappa shape index (κ2) is 10.7. The molecule has 2 aromatic rings. The maximum atomic E-state index is 5.40. The molecule has 0 saturated heterocycles. The Balaban J connectivity index is 0.00000288. The highest BCUT2D eigenvalue weighted by Gasteiger charge is 2.05. The number of aliphatic imine (C=N–C) groups is 1. The molecule has 0 atom stereocenters. The second-order valence-electron chi connectivity index (χ2n) is 4.81. The van der Waals surface area contributed by atoms with E-state index in [1.807, 2.05) is 31.2 Å². The van der Waals surface area contributed by atoms with Crippen LogP contribution in [0.1, 0.15) is 18.2 Å². The number of nitrogens with zero attached hydrogens (tertiary/aromatic N) is 2. The first-order valence-corrected chi connectivity index (χ1v) is 7.48. The van der Waals surface area contributed by atoms with Crippen molar-refractivity contribution in [3.8, 4) is 11.5 Å². The normalized spacial score (nSPS) is 10.7. The van der Waals surface area contributed by atoms with Gasteiger partial charge in [0, 0.05) is 24.4 Å². The van der Waals surface area contributed by atoms with E-state index in [-0.39, 0.29) is 24.0 Å². The molecule has 2 rings (SSSR count). The van der Waals surface area contributed by atoms with E-state index < -0.39 is 0 Å². The molecule has 0 radical (unpaired) electrons. The van der Waals surface area contributed by atoms with Crippen LogP contribution in [0.4, 0.5) is 0 Å². The second-order valence-corrected chi connectivity index (χ2v) is 4.81. The molecule has 132 valence electrons. The average molecular weight is 445 g/mol. The van der Waals surface area contributed by atoms with E-state index >= 15 is 0 Å². The van der Waals surface area contributed by atoms with Crippen LogP contribution in [0.2, 0.25) is 0 Å². The predicted octanol–water partition coefficient (Wildman–Crippen LogP) is 2.30. The Morgan fingerprint density at radius 3 is 2.67 bits per heavy atom. The Bertz CT molecular complexity index is 631. The molecule has 0 bridgehead atoms. The SMILES string of the molecule is CCNC(=NCc1ccc(OC)cc1OC)NCc1ccn[nH]1.I. The summed E-state index contributed by atoms with van der Waals surface area (Å²) in [4.78, 5) is 4.59. The molecule has 0 amide bonds. The van der Waals surface area contributed by atoms with Gasteiger partial charge >= 0.3 is 0 Å². The number of nitrogens with one attached hydrogen (secondary N) is 3. The standard InChI is InChI=1S/C16H23N5O2.HI/c1-4-17-16(19-11-13-7-8-20-21-13)18-10-12-5-6-14(22-2)9-15(12)23-3;/h5-9H,4,10-11H2,1-3H3,(H,20,21)(H2,17,18,19);1H. The van der Waals surface area contributed by atoms with Gasteiger partial charge < -0.3 is 20.1 Å². The summed E-state index contributed by atoms with van der Waals surface area (Å²) in [5, 5.41) is 13.3. The van der Waals surface area contributed by atoms with Crippen molar-refractivity contribution in [3.05, 3.63) is 41.7 Å². The summed E-state index contributed by atoms with van der Waals surface area (Å²) < 4.78 is 10.6. The Morgan fingerprint density at radius 1 is 1.21 bits per heavy atom. The summed E-state index contributed by atoms with van der Waals surface area (Å²) in [6, 6.07) is 7.64. The summed E-state index contributed by atoms with van der Waals surface area (Å²) >= 11 is 0. The van der Waals surface area contributed by atoms with Crippen LogP contribution < -0.4 is 20.1 Å². The summed E-state index contributed by atoms with van der Waals surface area (Å²) in [5.74, 6) is 2.26. The van der Waals surface area contributed by atoms with E-state index in [1.54, 1.807) is 20.4 Å². The Morgan fingerprint density at radius 2 is 2.04 bits per heavy atom. The third-order valence-electron chi connectivity index (χ3n) is 3.25. The fourth-order valence-electron chi connectivity index (χ4n) is 2.05. The highest BCUT2D eigenvalue weighted by atomic mass is 127. The van der Waals surface area contributed by atoms with Crippen molar-refractivity contribution in [2.24, 2.45) is 4.99 Å². The molecule has 0 aliphatic heterocycles. The zero-order valence-electron chi connectivity index (χ0n) is 14.1. The number of benzene rings is 1. The van der Waals surface area contributed by atoms with Crippen molar-refractivity contribution < 1.29 is 9.47 Å². The topological polar surface area (TPSA) is 83.6 Å². The molecule has 3 N–H and O–H groups in total. The van der Waals surface area contributed by atoms with Crippen LogP contribution in [0.5, 0.6) is 11.5 Å². The summed E-state index contributed by atoms with van der Waals surface area (Å²) in [6.45, 7) is 3.95. The van der Waals surface area contributed by atoms with E-state index in [4.69, 9.17) is 9.47 Å². The molecule has 0 spiro atoms. The van der Waals surface area contributed by atoms with Crippen LogP contribution in [0.3, 0.4) is 0 Å². The number of halogens is 1. The number of ether oxygens (including phenoxy) is 2. The molecular formula is C16H24IN5O2. The summed E-state index contributed by atoms with van der Waals surface area (Å²) in [6.07, 6.45) is 1.73. The van der Waals surface area contributed by atoms with Crippen molar-refractivity contribution in [3.63, 3.8) is 0 Å². The monoisotopic (exact) mass is 445 g/mol. The number of hydrogen-bond acceptors (Lipinski definition) is 4. The molecule has 1 heterocycles. The number of methoxy groups -OCH3 is 2. The van der Waals surface area contributed by atoms with Crippen LogP contribution in [0, 0.1) is 0 Å². The van der Waals surface area contributed by atoms with Gasteiger partial charge in [-0.1, -0.05) is 0 Å². The van der Waals surface area contributed by atoms with Gasteiger partial charge in [-0.3, -0.25) is 5.10 Å². The smallest absolute Gasteiger partial charge is 0.191 e. The molecule has 7 nitrogen and oxygen atoms in total. The van der Waals surface area contributed by atoms with Gasteiger partial charge in [-0.15, -0.1) is 24.0 Å². The van der Waals surface area contributed by atoms with Crippen molar-refractivity contribution >= 4 is 29.9 Å². The fraction of sp³-hybridized carbons (Fsp3) is 0.375. The molecule has 24 heavy (non-hydrogen) atoms. The molecule has 0 aliphatic rings. The third-order valence-corrected chi connectivity index (χ3v) is 3.25. The molecule has 0 aliphatic carbocycles. The first-order valence-electron chi connectivity index (χ1n) is 7.48. The quantitative estimate of drug-likeness (QED) is 0.346. The lowest BCUT2D eigenvalue weighted by Gasteiger charge is -2.12. The van der Waals surface area contributed by atoms with Crippen LogP contribution in [0.15, 0.2) is 35.5 Å². The van der Waals surface area contributed by atoms with E-state index in [1.165, 1.54) is 0 Å². The van der Waals surface area contributed by atoms with E-state index in [9.17, 15) is 0 Å². The maximum Gasteiger partial charge on any atom is 0.191 e. The summed E-state index contributed by atoms with van der Waals surface area (Å²) in [5.41, 5.74) is 1.99. The molecule has 8 heteroatoms. The Hall–Kier alpha value is -1.97. The van der Waals surface area contributed by atoms with Crippen LogP contribution in [0.25, 0.3) is 0 Å². The van der Waals surface area contributed by atoms with E-state index in [0.717, 1.165) is 35.3 Å². The lowest BCUT2D eigenvalue weighted by Crippen LogP contribution is -2.36. The van der Waals surface area contributed by atoms with Crippen molar-refractivity contribution in [2.75, 3.05) is 20.8 Å². The van der Waals surface area contributed by atoms with Gasteiger partial charge in [0.15, 0.2) is 5.96 Å². The molecule has 0 saturated carbocycles. The predicted molar refractivity (Wildman–Crippen MR) is 105 cm³/mol. The number of rotatable bonds is 7. The van der Waals surface area contributed by atoms with Gasteiger partial charge in [0.2, 0.25) is 0 Å². The highest BCUT2D eigenvalue weighted by molar-refractivity contribution is 14.0. The van der Waals surface area contributed by atoms with E-state index in [0.29, 0.717) is 13.1 Å². The minimum absolute atomic E-state index is 0. The van der Waals surface area contributed by atoms with Crippen molar-refractivity contribution in [2.45, 2.75) is 20.0 Å². The Labute approximate surface area is 159 Å². The minimum atomic E-state index is 0. The zero-order valence-corrected chi connectivity index (χ0v) is 16.5. The maximum absolute atomic E-state index is 5.40. The van der Waals surface area contributed by atoms with Gasteiger partial charge in [0.1, 0.15) is 11.5 Å². The van der Waals surface area contributed by atoms with Gasteiger partial charge in [-0.25, -0.2) is 4.99 Å². The Kier molecular flexibility index (Phi) is 8.98. The number of H-pyrrole nitrogens is 1. The van der Waals surface area contributed by atoms with Crippen molar-refractivity contribution in [1.29, 1.82) is 0 Å². The minimum Gasteiger partial charge on any atom is -0.497 e. The largest absolute Gasteiger partial charge is 0.497 e.